The Balaban J connectivity index is 1.92. The highest BCUT2D eigenvalue weighted by molar-refractivity contribution is 5.70. The van der Waals surface area contributed by atoms with E-state index in [1.807, 2.05) is 12.2 Å². The molecule has 1 N–H and O–H groups in total. The molecule has 1 saturated carbocycles. The molecule has 2 aliphatic carbocycles. The van der Waals surface area contributed by atoms with E-state index in [1.54, 1.807) is 0 Å². The van der Waals surface area contributed by atoms with Gasteiger partial charge in [-0.05, 0) is 37.5 Å². The third-order valence-corrected chi connectivity index (χ3v) is 4.70. The molecular formula is C15H18F6O3. The predicted octanol–water partition coefficient (Wildman–Crippen LogP) is 3.77. The predicted molar refractivity (Wildman–Crippen MR) is 70.7 cm³/mol. The summed E-state index contributed by atoms with van der Waals surface area (Å²) in [5.41, 5.74) is -4.91. The topological polar surface area (TPSA) is 46.5 Å². The standard InChI is InChI=1S/C15H18F6O3/c1-8(7-13(23,14(16,17)18)15(19,20)21)24-12(22)6-11-5-9-2-3-10(11)4-9/h2-3,8-11,23H,4-7H2,1H3. The van der Waals surface area contributed by atoms with Gasteiger partial charge in [0.1, 0.15) is 6.10 Å². The first-order chi connectivity index (χ1) is 10.8. The summed E-state index contributed by atoms with van der Waals surface area (Å²) < 4.78 is 80.3. The molecule has 0 spiro atoms. The van der Waals surface area contributed by atoms with E-state index < -0.39 is 36.4 Å². The van der Waals surface area contributed by atoms with E-state index in [0.717, 1.165) is 19.8 Å². The second kappa shape index (κ2) is 6.24. The summed E-state index contributed by atoms with van der Waals surface area (Å²) in [6, 6.07) is 0. The molecule has 2 aliphatic rings. The molecular weight excluding hydrogens is 342 g/mol. The van der Waals surface area contributed by atoms with Crippen molar-refractivity contribution in [2.24, 2.45) is 17.8 Å². The molecule has 0 amide bonds. The van der Waals surface area contributed by atoms with Gasteiger partial charge >= 0.3 is 18.3 Å². The number of allylic oxidation sites excluding steroid dienone is 2. The van der Waals surface area contributed by atoms with E-state index in [-0.39, 0.29) is 18.3 Å². The van der Waals surface area contributed by atoms with Crippen LogP contribution in [0, 0.1) is 17.8 Å². The zero-order valence-corrected chi connectivity index (χ0v) is 12.8. The zero-order valence-electron chi connectivity index (χ0n) is 12.8. The zero-order chi connectivity index (χ0) is 18.3. The van der Waals surface area contributed by atoms with Crippen LogP contribution in [0.1, 0.15) is 32.6 Å². The second-order valence-corrected chi connectivity index (χ2v) is 6.60. The average Bonchev–Trinajstić information content (AvgIpc) is 2.97. The Labute approximate surface area is 134 Å². The third-order valence-electron chi connectivity index (χ3n) is 4.70. The molecule has 4 unspecified atom stereocenters. The molecule has 0 radical (unpaired) electrons. The fourth-order valence-corrected chi connectivity index (χ4v) is 3.47. The molecule has 4 atom stereocenters. The van der Waals surface area contributed by atoms with Crippen LogP contribution in [0.4, 0.5) is 26.3 Å². The first-order valence-electron chi connectivity index (χ1n) is 7.57. The van der Waals surface area contributed by atoms with E-state index >= 15 is 0 Å². The summed E-state index contributed by atoms with van der Waals surface area (Å²) in [5.74, 6) is -0.255. The Bertz CT molecular complexity index is 496. The van der Waals surface area contributed by atoms with E-state index in [2.05, 4.69) is 4.74 Å². The summed E-state index contributed by atoms with van der Waals surface area (Å²) in [6.07, 6.45) is -9.70. The molecule has 0 aromatic heterocycles. The third kappa shape index (κ3) is 3.70. The van der Waals surface area contributed by atoms with Crippen molar-refractivity contribution in [1.29, 1.82) is 0 Å². The van der Waals surface area contributed by atoms with Crippen molar-refractivity contribution in [3.05, 3.63) is 12.2 Å². The maximum atomic E-state index is 12.6. The minimum absolute atomic E-state index is 0.00353. The average molecular weight is 360 g/mol. The Morgan fingerprint density at radius 3 is 2.17 bits per heavy atom. The fourth-order valence-electron chi connectivity index (χ4n) is 3.47. The molecule has 2 bridgehead atoms. The number of carbonyl (C=O) groups is 1. The lowest BCUT2D eigenvalue weighted by Gasteiger charge is -2.34. The van der Waals surface area contributed by atoms with Gasteiger partial charge in [-0.1, -0.05) is 12.2 Å². The van der Waals surface area contributed by atoms with Crippen molar-refractivity contribution in [3.63, 3.8) is 0 Å². The van der Waals surface area contributed by atoms with Crippen molar-refractivity contribution in [3.8, 4) is 0 Å². The van der Waals surface area contributed by atoms with Crippen molar-refractivity contribution in [2.75, 3.05) is 0 Å². The van der Waals surface area contributed by atoms with Crippen LogP contribution in [0.3, 0.4) is 0 Å². The van der Waals surface area contributed by atoms with Gasteiger partial charge in [0.15, 0.2) is 0 Å². The summed E-state index contributed by atoms with van der Waals surface area (Å²) >= 11 is 0. The van der Waals surface area contributed by atoms with Gasteiger partial charge in [-0.25, -0.2) is 0 Å². The van der Waals surface area contributed by atoms with Gasteiger partial charge in [0.05, 0.1) is 0 Å². The number of carbonyl (C=O) groups excluding carboxylic acids is 1. The van der Waals surface area contributed by atoms with E-state index in [4.69, 9.17) is 5.11 Å². The van der Waals surface area contributed by atoms with E-state index in [0.29, 0.717) is 5.92 Å². The molecule has 0 heterocycles. The SMILES string of the molecule is CC(CC(O)(C(F)(F)F)C(F)(F)F)OC(=O)CC1CC2C=CC1C2. The number of fused-ring (bicyclic) bond motifs is 2. The van der Waals surface area contributed by atoms with E-state index in [1.165, 1.54) is 0 Å². The molecule has 0 aromatic carbocycles. The number of esters is 1. The Hall–Kier alpha value is -1.25. The molecule has 0 saturated heterocycles. The Morgan fingerprint density at radius 1 is 1.17 bits per heavy atom. The van der Waals surface area contributed by atoms with Crippen LogP contribution in [0.25, 0.3) is 0 Å². The molecule has 0 aromatic rings. The minimum atomic E-state index is -5.92. The van der Waals surface area contributed by atoms with Crippen molar-refractivity contribution < 1.29 is 41.0 Å². The lowest BCUT2D eigenvalue weighted by Crippen LogP contribution is -2.58. The molecule has 24 heavy (non-hydrogen) atoms. The monoisotopic (exact) mass is 360 g/mol. The lowest BCUT2D eigenvalue weighted by molar-refractivity contribution is -0.373. The van der Waals surface area contributed by atoms with Gasteiger partial charge in [0.2, 0.25) is 0 Å². The maximum Gasteiger partial charge on any atom is 0.426 e. The lowest BCUT2D eigenvalue weighted by atomic mass is 9.90. The maximum absolute atomic E-state index is 12.6. The first kappa shape index (κ1) is 19.1. The normalized spacial score (nSPS) is 28.2. The summed E-state index contributed by atoms with van der Waals surface area (Å²) in [6.45, 7) is 0.904. The van der Waals surface area contributed by atoms with Crippen LogP contribution >= 0.6 is 0 Å². The van der Waals surface area contributed by atoms with Crippen LogP contribution in [0.15, 0.2) is 12.2 Å². The Kier molecular flexibility index (Phi) is 4.96. The van der Waals surface area contributed by atoms with E-state index in [9.17, 15) is 31.1 Å². The van der Waals surface area contributed by atoms with Crippen LogP contribution in [0.2, 0.25) is 0 Å². The summed E-state index contributed by atoms with van der Waals surface area (Å²) in [4.78, 5) is 11.8. The molecule has 2 rings (SSSR count). The van der Waals surface area contributed by atoms with Gasteiger partial charge in [-0.15, -0.1) is 0 Å². The van der Waals surface area contributed by atoms with Crippen molar-refractivity contribution in [2.45, 2.75) is 56.7 Å². The molecule has 138 valence electrons. The van der Waals surface area contributed by atoms with Crippen molar-refractivity contribution in [1.82, 2.24) is 0 Å². The van der Waals surface area contributed by atoms with Crippen LogP contribution in [-0.4, -0.2) is 35.1 Å². The summed E-state index contributed by atoms with van der Waals surface area (Å²) in [7, 11) is 0. The highest BCUT2D eigenvalue weighted by Gasteiger charge is 2.70. The molecule has 9 heteroatoms. The fraction of sp³-hybridized carbons (Fsp3) is 0.800. The van der Waals surface area contributed by atoms with Gasteiger partial charge in [-0.3, -0.25) is 4.79 Å². The molecule has 1 fully saturated rings. The number of alkyl halides is 6. The minimum Gasteiger partial charge on any atom is -0.463 e. The summed E-state index contributed by atoms with van der Waals surface area (Å²) in [5, 5.41) is 9.09. The number of rotatable bonds is 5. The quantitative estimate of drug-likeness (QED) is 0.461. The number of hydrogen-bond acceptors (Lipinski definition) is 3. The van der Waals surface area contributed by atoms with Gasteiger partial charge in [0, 0.05) is 12.8 Å². The van der Waals surface area contributed by atoms with Gasteiger partial charge < -0.3 is 9.84 Å². The largest absolute Gasteiger partial charge is 0.463 e. The van der Waals surface area contributed by atoms with Crippen LogP contribution in [-0.2, 0) is 9.53 Å². The highest BCUT2D eigenvalue weighted by Crippen LogP contribution is 2.47. The van der Waals surface area contributed by atoms with Crippen LogP contribution in [0.5, 0.6) is 0 Å². The van der Waals surface area contributed by atoms with Crippen molar-refractivity contribution >= 4 is 5.97 Å². The first-order valence-corrected chi connectivity index (χ1v) is 7.57. The molecule has 3 nitrogen and oxygen atoms in total. The highest BCUT2D eigenvalue weighted by atomic mass is 19.4. The number of aliphatic hydroxyl groups is 1. The Morgan fingerprint density at radius 2 is 1.75 bits per heavy atom. The smallest absolute Gasteiger partial charge is 0.426 e. The second-order valence-electron chi connectivity index (χ2n) is 6.60. The number of halogens is 6. The number of hydrogen-bond donors (Lipinski definition) is 1. The van der Waals surface area contributed by atoms with Gasteiger partial charge in [0.25, 0.3) is 5.60 Å². The van der Waals surface area contributed by atoms with Gasteiger partial charge in [-0.2, -0.15) is 26.3 Å². The van der Waals surface area contributed by atoms with Crippen LogP contribution < -0.4 is 0 Å². The molecule has 0 aliphatic heterocycles. The number of ether oxygens (including phenoxy) is 1.